The summed E-state index contributed by atoms with van der Waals surface area (Å²) in [6.45, 7) is 3.18. The number of nitrogens with zero attached hydrogens (tertiary/aromatic N) is 2. The molecule has 7 heteroatoms. The normalized spacial score (nSPS) is 11.7. The molecule has 0 spiro atoms. The Hall–Kier alpha value is -4.00. The molecule has 1 unspecified atom stereocenters. The van der Waals surface area contributed by atoms with E-state index < -0.39 is 0 Å². The van der Waals surface area contributed by atoms with E-state index in [9.17, 15) is 4.79 Å². The van der Waals surface area contributed by atoms with Crippen LogP contribution in [0.25, 0.3) is 11.0 Å². The monoisotopic (exact) mass is 459 g/mol. The standard InChI is InChI=1S/C27H29N3O4/c1-19(28-27(31)20-13-15-21(32-2)16-14-20)26-29-22-9-4-5-10-23(22)30(26)17-8-18-34-25-12-7-6-11-24(25)33-3/h4-7,9-16,19H,8,17-18H2,1-3H3,(H,28,31). The number of imidazole rings is 1. The van der Waals surface area contributed by atoms with Crippen LogP contribution in [0, 0.1) is 0 Å². The molecule has 176 valence electrons. The molecular weight excluding hydrogens is 430 g/mol. The molecule has 1 atom stereocenters. The highest BCUT2D eigenvalue weighted by atomic mass is 16.5. The summed E-state index contributed by atoms with van der Waals surface area (Å²) in [4.78, 5) is 17.6. The average molecular weight is 460 g/mol. The Labute approximate surface area is 199 Å². The van der Waals surface area contributed by atoms with Gasteiger partial charge < -0.3 is 24.1 Å². The lowest BCUT2D eigenvalue weighted by molar-refractivity contribution is 0.0937. The number of aromatic nitrogens is 2. The third-order valence-electron chi connectivity index (χ3n) is 5.62. The fraction of sp³-hybridized carbons (Fsp3) is 0.259. The van der Waals surface area contributed by atoms with E-state index >= 15 is 0 Å². The summed E-state index contributed by atoms with van der Waals surface area (Å²) in [6.07, 6.45) is 0.768. The minimum Gasteiger partial charge on any atom is -0.497 e. The molecule has 1 amide bonds. The van der Waals surface area contributed by atoms with Gasteiger partial charge in [0.2, 0.25) is 0 Å². The van der Waals surface area contributed by atoms with Gasteiger partial charge in [-0.1, -0.05) is 24.3 Å². The number of benzene rings is 3. The van der Waals surface area contributed by atoms with Crippen LogP contribution in [0.3, 0.4) is 0 Å². The van der Waals surface area contributed by atoms with Crippen molar-refractivity contribution in [3.63, 3.8) is 0 Å². The average Bonchev–Trinajstić information content (AvgIpc) is 3.25. The smallest absolute Gasteiger partial charge is 0.251 e. The molecular formula is C27H29N3O4. The highest BCUT2D eigenvalue weighted by molar-refractivity contribution is 5.94. The largest absolute Gasteiger partial charge is 0.497 e. The first-order valence-corrected chi connectivity index (χ1v) is 11.3. The molecule has 0 saturated carbocycles. The Morgan fingerprint density at radius 1 is 0.941 bits per heavy atom. The summed E-state index contributed by atoms with van der Waals surface area (Å²) >= 11 is 0. The zero-order chi connectivity index (χ0) is 23.9. The Morgan fingerprint density at radius 2 is 1.65 bits per heavy atom. The molecule has 0 aliphatic carbocycles. The summed E-state index contributed by atoms with van der Waals surface area (Å²) in [7, 11) is 3.23. The first kappa shape index (κ1) is 23.2. The van der Waals surface area contributed by atoms with E-state index in [1.54, 1.807) is 38.5 Å². The predicted octanol–water partition coefficient (Wildman–Crippen LogP) is 5.01. The molecule has 0 bridgehead atoms. The summed E-state index contributed by atoms with van der Waals surface area (Å²) < 4.78 is 18.6. The molecule has 0 aliphatic heterocycles. The van der Waals surface area contributed by atoms with Crippen LogP contribution in [-0.2, 0) is 6.54 Å². The van der Waals surface area contributed by atoms with Gasteiger partial charge in [-0.05, 0) is 61.9 Å². The number of amides is 1. The van der Waals surface area contributed by atoms with E-state index in [0.29, 0.717) is 30.2 Å². The van der Waals surface area contributed by atoms with Crippen molar-refractivity contribution >= 4 is 16.9 Å². The number of carbonyl (C=O) groups excluding carboxylic acids is 1. The first-order chi connectivity index (χ1) is 16.6. The SMILES string of the molecule is COc1ccc(C(=O)NC(C)c2nc3ccccc3n2CCCOc2ccccc2OC)cc1. The number of rotatable bonds is 10. The van der Waals surface area contributed by atoms with E-state index in [1.807, 2.05) is 55.5 Å². The minimum atomic E-state index is -0.280. The number of methoxy groups -OCH3 is 2. The van der Waals surface area contributed by atoms with Crippen molar-refractivity contribution in [2.75, 3.05) is 20.8 Å². The second kappa shape index (κ2) is 10.7. The zero-order valence-electron chi connectivity index (χ0n) is 19.7. The van der Waals surface area contributed by atoms with E-state index in [4.69, 9.17) is 19.2 Å². The van der Waals surface area contributed by atoms with Crippen LogP contribution in [0.2, 0.25) is 0 Å². The Bertz CT molecular complexity index is 1250. The van der Waals surface area contributed by atoms with Crippen molar-refractivity contribution in [2.45, 2.75) is 25.9 Å². The van der Waals surface area contributed by atoms with Crippen LogP contribution < -0.4 is 19.5 Å². The van der Waals surface area contributed by atoms with Gasteiger partial charge in [-0.3, -0.25) is 4.79 Å². The van der Waals surface area contributed by atoms with E-state index in [-0.39, 0.29) is 11.9 Å². The summed E-state index contributed by atoms with van der Waals surface area (Å²) in [5, 5.41) is 3.07. The Balaban J connectivity index is 1.47. The number of nitrogens with one attached hydrogen (secondary N) is 1. The predicted molar refractivity (Wildman–Crippen MR) is 132 cm³/mol. The van der Waals surface area contributed by atoms with Gasteiger partial charge in [0.1, 0.15) is 11.6 Å². The highest BCUT2D eigenvalue weighted by Crippen LogP contribution is 2.26. The van der Waals surface area contributed by atoms with Crippen LogP contribution in [0.15, 0.2) is 72.8 Å². The number of hydrogen-bond donors (Lipinski definition) is 1. The molecule has 0 radical (unpaired) electrons. The second-order valence-electron chi connectivity index (χ2n) is 7.89. The molecule has 4 aromatic rings. The second-order valence-corrected chi connectivity index (χ2v) is 7.89. The molecule has 7 nitrogen and oxygen atoms in total. The zero-order valence-corrected chi connectivity index (χ0v) is 19.7. The van der Waals surface area contributed by atoms with Crippen LogP contribution in [-0.4, -0.2) is 36.3 Å². The number of aryl methyl sites for hydroxylation is 1. The maximum absolute atomic E-state index is 12.8. The van der Waals surface area contributed by atoms with Gasteiger partial charge in [0, 0.05) is 12.1 Å². The number of ether oxygens (including phenoxy) is 3. The molecule has 4 rings (SSSR count). The van der Waals surface area contributed by atoms with Gasteiger partial charge >= 0.3 is 0 Å². The quantitative estimate of drug-likeness (QED) is 0.337. The lowest BCUT2D eigenvalue weighted by atomic mass is 10.2. The van der Waals surface area contributed by atoms with E-state index in [1.165, 1.54) is 0 Å². The summed E-state index contributed by atoms with van der Waals surface area (Å²) in [5.74, 6) is 2.79. The molecule has 0 aliphatic rings. The highest BCUT2D eigenvalue weighted by Gasteiger charge is 2.19. The fourth-order valence-electron chi connectivity index (χ4n) is 3.89. The van der Waals surface area contributed by atoms with Crippen LogP contribution in [0.4, 0.5) is 0 Å². The molecule has 0 fully saturated rings. The van der Waals surface area contributed by atoms with Crippen molar-refractivity contribution in [1.82, 2.24) is 14.9 Å². The van der Waals surface area contributed by atoms with Gasteiger partial charge in [-0.15, -0.1) is 0 Å². The molecule has 34 heavy (non-hydrogen) atoms. The van der Waals surface area contributed by atoms with Gasteiger partial charge in [-0.25, -0.2) is 4.98 Å². The van der Waals surface area contributed by atoms with E-state index in [0.717, 1.165) is 29.0 Å². The molecule has 1 aromatic heterocycles. The van der Waals surface area contributed by atoms with Gasteiger partial charge in [0.25, 0.3) is 5.91 Å². The lowest BCUT2D eigenvalue weighted by Gasteiger charge is -2.17. The third kappa shape index (κ3) is 5.14. The van der Waals surface area contributed by atoms with Crippen molar-refractivity contribution in [3.8, 4) is 17.2 Å². The van der Waals surface area contributed by atoms with E-state index in [2.05, 4.69) is 9.88 Å². The van der Waals surface area contributed by atoms with Crippen molar-refractivity contribution < 1.29 is 19.0 Å². The van der Waals surface area contributed by atoms with Crippen molar-refractivity contribution in [3.05, 3.63) is 84.2 Å². The molecule has 1 heterocycles. The summed E-state index contributed by atoms with van der Waals surface area (Å²) in [5.41, 5.74) is 2.49. The first-order valence-electron chi connectivity index (χ1n) is 11.3. The van der Waals surface area contributed by atoms with Crippen LogP contribution in [0.1, 0.15) is 35.6 Å². The van der Waals surface area contributed by atoms with Crippen molar-refractivity contribution in [2.24, 2.45) is 0 Å². The number of hydrogen-bond acceptors (Lipinski definition) is 5. The number of carbonyl (C=O) groups is 1. The fourth-order valence-corrected chi connectivity index (χ4v) is 3.89. The maximum atomic E-state index is 12.8. The third-order valence-corrected chi connectivity index (χ3v) is 5.62. The molecule has 3 aromatic carbocycles. The topological polar surface area (TPSA) is 74.6 Å². The Morgan fingerprint density at radius 3 is 2.38 bits per heavy atom. The van der Waals surface area contributed by atoms with Crippen LogP contribution in [0.5, 0.6) is 17.2 Å². The van der Waals surface area contributed by atoms with Gasteiger partial charge in [-0.2, -0.15) is 0 Å². The number of fused-ring (bicyclic) bond motifs is 1. The lowest BCUT2D eigenvalue weighted by Crippen LogP contribution is -2.28. The van der Waals surface area contributed by atoms with Gasteiger partial charge in [0.15, 0.2) is 11.5 Å². The van der Waals surface area contributed by atoms with Crippen molar-refractivity contribution in [1.29, 1.82) is 0 Å². The Kier molecular flexibility index (Phi) is 7.32. The number of para-hydroxylation sites is 4. The van der Waals surface area contributed by atoms with Gasteiger partial charge in [0.05, 0.1) is 37.9 Å². The molecule has 0 saturated heterocycles. The maximum Gasteiger partial charge on any atom is 0.251 e. The minimum absolute atomic E-state index is 0.159. The molecule has 1 N–H and O–H groups in total. The summed E-state index contributed by atoms with van der Waals surface area (Å²) in [6, 6.07) is 22.4. The van der Waals surface area contributed by atoms with Crippen LogP contribution >= 0.6 is 0 Å².